The largest absolute Gasteiger partial charge is 0.380 e. The molecule has 0 aliphatic carbocycles. The molecule has 81 valence electrons. The summed E-state index contributed by atoms with van der Waals surface area (Å²) in [6.07, 6.45) is 6.84. The van der Waals surface area contributed by atoms with E-state index < -0.39 is 0 Å². The summed E-state index contributed by atoms with van der Waals surface area (Å²) >= 11 is 0. The first-order chi connectivity index (χ1) is 6.86. The minimum absolute atomic E-state index is 0.567. The van der Waals surface area contributed by atoms with Gasteiger partial charge in [-0.3, -0.25) is 0 Å². The summed E-state index contributed by atoms with van der Waals surface area (Å²) in [5.74, 6) is 0. The van der Waals surface area contributed by atoms with Crippen LogP contribution in [0.25, 0.3) is 0 Å². The first-order valence-corrected chi connectivity index (χ1v) is 5.40. The fourth-order valence-corrected chi connectivity index (χ4v) is 1.45. The minimum Gasteiger partial charge on any atom is -0.380 e. The zero-order valence-corrected chi connectivity index (χ0v) is 9.11. The van der Waals surface area contributed by atoms with Gasteiger partial charge in [0.15, 0.2) is 0 Å². The summed E-state index contributed by atoms with van der Waals surface area (Å²) in [6, 6.07) is 0. The number of hydrogen-bond donors (Lipinski definition) is 0. The number of unbranched alkanes of at least 4 members (excludes halogenated alkanes) is 1. The SMILES string of the molecule is [CH2]COCCN1C=CN(CCCC)C1. The molecule has 0 atom stereocenters. The third-order valence-electron chi connectivity index (χ3n) is 2.32. The van der Waals surface area contributed by atoms with Crippen molar-refractivity contribution in [3.8, 4) is 0 Å². The molecule has 1 aliphatic rings. The maximum atomic E-state index is 5.21. The standard InChI is InChI=1S/C11H21N2O/c1-3-5-6-12-7-8-13(11-12)9-10-14-4-2/h7-8H,2-6,9-11H2,1H3. The van der Waals surface area contributed by atoms with Gasteiger partial charge in [-0.15, -0.1) is 0 Å². The van der Waals surface area contributed by atoms with E-state index in [1.165, 1.54) is 19.4 Å². The molecule has 1 heterocycles. The van der Waals surface area contributed by atoms with Crippen molar-refractivity contribution in [1.82, 2.24) is 9.80 Å². The van der Waals surface area contributed by atoms with Crippen LogP contribution in [-0.2, 0) is 4.74 Å². The average molecular weight is 197 g/mol. The fourth-order valence-electron chi connectivity index (χ4n) is 1.45. The van der Waals surface area contributed by atoms with Crippen LogP contribution in [0, 0.1) is 6.92 Å². The summed E-state index contributed by atoms with van der Waals surface area (Å²) < 4.78 is 5.21. The van der Waals surface area contributed by atoms with Crippen LogP contribution in [0.2, 0.25) is 0 Å². The molecule has 0 amide bonds. The van der Waals surface area contributed by atoms with Crippen LogP contribution < -0.4 is 0 Å². The van der Waals surface area contributed by atoms with Gasteiger partial charge < -0.3 is 14.5 Å². The molecular formula is C11H21N2O. The molecular weight excluding hydrogens is 176 g/mol. The van der Waals surface area contributed by atoms with Crippen molar-refractivity contribution in [3.05, 3.63) is 19.3 Å². The van der Waals surface area contributed by atoms with Gasteiger partial charge in [-0.05, 0) is 13.3 Å². The van der Waals surface area contributed by atoms with Crippen molar-refractivity contribution in [2.75, 3.05) is 33.0 Å². The molecule has 1 aliphatic heterocycles. The molecule has 0 fully saturated rings. The van der Waals surface area contributed by atoms with E-state index in [1.807, 2.05) is 0 Å². The molecule has 0 saturated carbocycles. The van der Waals surface area contributed by atoms with Gasteiger partial charge in [0, 0.05) is 32.1 Å². The Labute approximate surface area is 87.3 Å². The van der Waals surface area contributed by atoms with Gasteiger partial charge in [0.1, 0.15) is 0 Å². The van der Waals surface area contributed by atoms with Crippen molar-refractivity contribution >= 4 is 0 Å². The molecule has 0 bridgehead atoms. The lowest BCUT2D eigenvalue weighted by molar-refractivity contribution is 0.131. The Bertz CT molecular complexity index is 171. The molecule has 0 unspecified atom stereocenters. The molecule has 0 aromatic rings. The zero-order valence-electron chi connectivity index (χ0n) is 9.11. The molecule has 3 nitrogen and oxygen atoms in total. The number of rotatable bonds is 7. The first kappa shape index (κ1) is 11.4. The van der Waals surface area contributed by atoms with Crippen LogP contribution in [0.3, 0.4) is 0 Å². The van der Waals surface area contributed by atoms with Gasteiger partial charge in [-0.1, -0.05) is 13.3 Å². The van der Waals surface area contributed by atoms with Crippen molar-refractivity contribution in [3.63, 3.8) is 0 Å². The molecule has 3 heteroatoms. The topological polar surface area (TPSA) is 15.7 Å². The Morgan fingerprint density at radius 1 is 1.29 bits per heavy atom. The molecule has 1 radical (unpaired) electrons. The van der Waals surface area contributed by atoms with Crippen LogP contribution >= 0.6 is 0 Å². The highest BCUT2D eigenvalue weighted by molar-refractivity contribution is 4.90. The fraction of sp³-hybridized carbons (Fsp3) is 0.727. The zero-order chi connectivity index (χ0) is 10.2. The lowest BCUT2D eigenvalue weighted by atomic mass is 10.3. The third-order valence-corrected chi connectivity index (χ3v) is 2.32. The maximum Gasteiger partial charge on any atom is 0.0894 e. The summed E-state index contributed by atoms with van der Waals surface area (Å²) in [4.78, 5) is 4.61. The monoisotopic (exact) mass is 197 g/mol. The predicted octanol–water partition coefficient (Wildman–Crippen LogP) is 1.68. The average Bonchev–Trinajstić information content (AvgIpc) is 2.63. The van der Waals surface area contributed by atoms with E-state index in [9.17, 15) is 0 Å². The Hall–Kier alpha value is -0.700. The van der Waals surface area contributed by atoms with Crippen LogP contribution in [0.15, 0.2) is 12.4 Å². The van der Waals surface area contributed by atoms with E-state index in [4.69, 9.17) is 4.74 Å². The lowest BCUT2D eigenvalue weighted by Gasteiger charge is -2.20. The van der Waals surface area contributed by atoms with Gasteiger partial charge in [0.2, 0.25) is 0 Å². The van der Waals surface area contributed by atoms with Crippen molar-refractivity contribution < 1.29 is 4.74 Å². The molecule has 14 heavy (non-hydrogen) atoms. The predicted molar refractivity (Wildman–Crippen MR) is 58.5 cm³/mol. The van der Waals surface area contributed by atoms with Crippen LogP contribution in [-0.4, -0.2) is 42.8 Å². The van der Waals surface area contributed by atoms with Crippen molar-refractivity contribution in [2.24, 2.45) is 0 Å². The summed E-state index contributed by atoms with van der Waals surface area (Å²) in [5.41, 5.74) is 0. The van der Waals surface area contributed by atoms with E-state index in [0.29, 0.717) is 6.61 Å². The summed E-state index contributed by atoms with van der Waals surface area (Å²) in [6.45, 7) is 10.3. The molecule has 0 saturated heterocycles. The van der Waals surface area contributed by atoms with Gasteiger partial charge in [-0.25, -0.2) is 0 Å². The Balaban J connectivity index is 2.06. The number of hydrogen-bond acceptors (Lipinski definition) is 3. The van der Waals surface area contributed by atoms with E-state index in [-0.39, 0.29) is 0 Å². The maximum absolute atomic E-state index is 5.21. The second-order valence-electron chi connectivity index (χ2n) is 3.53. The Kier molecular flexibility index (Phi) is 5.45. The third kappa shape index (κ3) is 4.01. The second kappa shape index (κ2) is 6.71. The highest BCUT2D eigenvalue weighted by Gasteiger charge is 2.10. The van der Waals surface area contributed by atoms with Gasteiger partial charge in [-0.2, -0.15) is 0 Å². The van der Waals surface area contributed by atoms with Gasteiger partial charge in [0.25, 0.3) is 0 Å². The van der Waals surface area contributed by atoms with Crippen molar-refractivity contribution in [1.29, 1.82) is 0 Å². The number of ether oxygens (including phenoxy) is 1. The smallest absolute Gasteiger partial charge is 0.0894 e. The second-order valence-corrected chi connectivity index (χ2v) is 3.53. The molecule has 0 N–H and O–H groups in total. The highest BCUT2D eigenvalue weighted by Crippen LogP contribution is 2.07. The Morgan fingerprint density at radius 3 is 2.64 bits per heavy atom. The minimum atomic E-state index is 0.567. The normalized spacial score (nSPS) is 15.6. The number of nitrogens with zero attached hydrogens (tertiary/aromatic N) is 2. The van der Waals surface area contributed by atoms with Gasteiger partial charge >= 0.3 is 0 Å². The van der Waals surface area contributed by atoms with Crippen molar-refractivity contribution in [2.45, 2.75) is 19.8 Å². The highest BCUT2D eigenvalue weighted by atomic mass is 16.5. The van der Waals surface area contributed by atoms with E-state index in [1.54, 1.807) is 0 Å². The summed E-state index contributed by atoms with van der Waals surface area (Å²) in [7, 11) is 0. The van der Waals surface area contributed by atoms with E-state index in [2.05, 4.69) is 36.0 Å². The first-order valence-electron chi connectivity index (χ1n) is 5.40. The molecule has 0 aromatic heterocycles. The Morgan fingerprint density at radius 2 is 2.00 bits per heavy atom. The molecule has 1 rings (SSSR count). The van der Waals surface area contributed by atoms with Crippen LogP contribution in [0.5, 0.6) is 0 Å². The molecule has 0 spiro atoms. The van der Waals surface area contributed by atoms with Crippen LogP contribution in [0.1, 0.15) is 19.8 Å². The van der Waals surface area contributed by atoms with E-state index in [0.717, 1.165) is 19.8 Å². The van der Waals surface area contributed by atoms with E-state index >= 15 is 0 Å². The molecule has 0 aromatic carbocycles. The lowest BCUT2D eigenvalue weighted by Crippen LogP contribution is -2.28. The summed E-state index contributed by atoms with van der Waals surface area (Å²) in [5, 5.41) is 0. The van der Waals surface area contributed by atoms with Gasteiger partial charge in [0.05, 0.1) is 13.3 Å². The van der Waals surface area contributed by atoms with Crippen LogP contribution in [0.4, 0.5) is 0 Å². The quantitative estimate of drug-likeness (QED) is 0.578.